The third-order valence-corrected chi connectivity index (χ3v) is 5.18. The van der Waals surface area contributed by atoms with Crippen molar-refractivity contribution < 1.29 is 0 Å². The topological polar surface area (TPSA) is 0 Å². The van der Waals surface area contributed by atoms with Crippen molar-refractivity contribution in [2.24, 2.45) is 21.7 Å². The second kappa shape index (κ2) is 2.39. The molecule has 0 saturated heterocycles. The fourth-order valence-corrected chi connectivity index (χ4v) is 3.94. The Labute approximate surface area is 89.5 Å². The maximum absolute atomic E-state index is 2.44. The predicted octanol–water partition coefficient (Wildman–Crippen LogP) is 4.64. The van der Waals surface area contributed by atoms with Gasteiger partial charge in [0.15, 0.2) is 0 Å². The van der Waals surface area contributed by atoms with Gasteiger partial charge in [0.25, 0.3) is 0 Å². The lowest BCUT2D eigenvalue weighted by molar-refractivity contribution is -0.146. The first-order valence-electron chi connectivity index (χ1n) is 6.12. The molecule has 1 spiro atoms. The quantitative estimate of drug-likeness (QED) is 0.527. The lowest BCUT2D eigenvalue weighted by Crippen LogP contribution is -2.55. The molecular formula is C14H26. The molecule has 0 heteroatoms. The molecule has 2 aliphatic carbocycles. The van der Waals surface area contributed by atoms with Crippen molar-refractivity contribution in [3.8, 4) is 0 Å². The maximum atomic E-state index is 2.44. The van der Waals surface area contributed by atoms with E-state index in [1.54, 1.807) is 0 Å². The summed E-state index contributed by atoms with van der Waals surface area (Å²) < 4.78 is 0. The van der Waals surface area contributed by atoms with Crippen LogP contribution in [0, 0.1) is 21.7 Å². The zero-order valence-corrected chi connectivity index (χ0v) is 10.8. The molecule has 0 radical (unpaired) electrons. The molecule has 0 nitrogen and oxygen atoms in total. The van der Waals surface area contributed by atoms with Gasteiger partial charge in [-0.1, -0.05) is 41.5 Å². The summed E-state index contributed by atoms with van der Waals surface area (Å²) in [5, 5.41) is 0. The summed E-state index contributed by atoms with van der Waals surface area (Å²) in [6.07, 6.45) is 6.02. The molecule has 0 aliphatic heterocycles. The molecule has 2 saturated carbocycles. The summed E-state index contributed by atoms with van der Waals surface area (Å²) >= 11 is 0. The standard InChI is InChI=1S/C14H26/c1-11(2,3)14(12(4,5)6)9-13(10-14)7-8-13/h7-10H2,1-6H3. The molecule has 82 valence electrons. The molecule has 0 aromatic carbocycles. The maximum Gasteiger partial charge on any atom is -0.0190 e. The average Bonchev–Trinajstić information content (AvgIpc) is 2.53. The van der Waals surface area contributed by atoms with E-state index < -0.39 is 0 Å². The van der Waals surface area contributed by atoms with E-state index in [-0.39, 0.29) is 0 Å². The van der Waals surface area contributed by atoms with E-state index >= 15 is 0 Å². The summed E-state index contributed by atoms with van der Waals surface area (Å²) in [4.78, 5) is 0. The summed E-state index contributed by atoms with van der Waals surface area (Å²) in [6, 6.07) is 0. The molecule has 2 rings (SSSR count). The fourth-order valence-electron chi connectivity index (χ4n) is 3.94. The van der Waals surface area contributed by atoms with E-state index in [1.807, 2.05) is 0 Å². The van der Waals surface area contributed by atoms with Crippen molar-refractivity contribution >= 4 is 0 Å². The Hall–Kier alpha value is 0. The van der Waals surface area contributed by atoms with E-state index in [0.717, 1.165) is 5.41 Å². The Morgan fingerprint density at radius 1 is 0.714 bits per heavy atom. The van der Waals surface area contributed by atoms with Crippen molar-refractivity contribution in [2.75, 3.05) is 0 Å². The van der Waals surface area contributed by atoms with Gasteiger partial charge in [-0.25, -0.2) is 0 Å². The normalized spacial score (nSPS) is 28.7. The Bertz CT molecular complexity index is 218. The van der Waals surface area contributed by atoms with Gasteiger partial charge in [-0.3, -0.25) is 0 Å². The van der Waals surface area contributed by atoms with E-state index in [1.165, 1.54) is 25.7 Å². The third kappa shape index (κ3) is 1.19. The monoisotopic (exact) mass is 194 g/mol. The molecule has 0 unspecified atom stereocenters. The SMILES string of the molecule is CC(C)(C)C1(C(C)(C)C)CC2(CC2)C1. The van der Waals surface area contributed by atoms with Crippen molar-refractivity contribution in [3.63, 3.8) is 0 Å². The highest BCUT2D eigenvalue weighted by Gasteiger charge is 2.67. The number of hydrogen-bond acceptors (Lipinski definition) is 0. The van der Waals surface area contributed by atoms with Gasteiger partial charge in [-0.2, -0.15) is 0 Å². The van der Waals surface area contributed by atoms with E-state index in [9.17, 15) is 0 Å². The summed E-state index contributed by atoms with van der Waals surface area (Å²) in [5.74, 6) is 0. The van der Waals surface area contributed by atoms with Crippen LogP contribution in [0.4, 0.5) is 0 Å². The zero-order valence-electron chi connectivity index (χ0n) is 10.8. The van der Waals surface area contributed by atoms with Gasteiger partial charge in [0.2, 0.25) is 0 Å². The van der Waals surface area contributed by atoms with Crippen LogP contribution in [0.5, 0.6) is 0 Å². The lowest BCUT2D eigenvalue weighted by Gasteiger charge is -2.64. The highest BCUT2D eigenvalue weighted by atomic mass is 14.7. The molecule has 2 fully saturated rings. The lowest BCUT2D eigenvalue weighted by atomic mass is 9.41. The fraction of sp³-hybridized carbons (Fsp3) is 1.00. The molecule has 14 heavy (non-hydrogen) atoms. The highest BCUT2D eigenvalue weighted by molar-refractivity contribution is 5.17. The predicted molar refractivity (Wildman–Crippen MR) is 62.2 cm³/mol. The minimum absolute atomic E-state index is 0.471. The largest absolute Gasteiger partial charge is 0.0596 e. The second-order valence-electron chi connectivity index (χ2n) is 7.94. The van der Waals surface area contributed by atoms with Crippen LogP contribution in [0.2, 0.25) is 0 Å². The first-order valence-corrected chi connectivity index (χ1v) is 6.12. The van der Waals surface area contributed by atoms with Crippen LogP contribution in [0.1, 0.15) is 67.2 Å². The van der Waals surface area contributed by atoms with Crippen molar-refractivity contribution in [2.45, 2.75) is 67.2 Å². The van der Waals surface area contributed by atoms with E-state index in [0.29, 0.717) is 16.2 Å². The van der Waals surface area contributed by atoms with E-state index in [4.69, 9.17) is 0 Å². The van der Waals surface area contributed by atoms with Gasteiger partial charge >= 0.3 is 0 Å². The van der Waals surface area contributed by atoms with Gasteiger partial charge in [0.05, 0.1) is 0 Å². The average molecular weight is 194 g/mol. The second-order valence-corrected chi connectivity index (χ2v) is 7.94. The zero-order chi connectivity index (χ0) is 10.8. The minimum atomic E-state index is 0.471. The molecule has 0 amide bonds. The molecule has 2 aliphatic rings. The third-order valence-electron chi connectivity index (χ3n) is 5.18. The van der Waals surface area contributed by atoms with Crippen LogP contribution in [-0.2, 0) is 0 Å². The molecular weight excluding hydrogens is 168 g/mol. The van der Waals surface area contributed by atoms with E-state index in [2.05, 4.69) is 41.5 Å². The molecule has 0 N–H and O–H groups in total. The molecule has 0 aromatic heterocycles. The highest BCUT2D eigenvalue weighted by Crippen LogP contribution is 2.77. The van der Waals surface area contributed by atoms with Crippen molar-refractivity contribution in [1.29, 1.82) is 0 Å². The van der Waals surface area contributed by atoms with Crippen LogP contribution in [0.3, 0.4) is 0 Å². The van der Waals surface area contributed by atoms with Gasteiger partial charge in [0, 0.05) is 0 Å². The molecule has 0 atom stereocenters. The molecule has 0 bridgehead atoms. The van der Waals surface area contributed by atoms with Gasteiger partial charge in [0.1, 0.15) is 0 Å². The number of rotatable bonds is 0. The number of hydrogen-bond donors (Lipinski definition) is 0. The van der Waals surface area contributed by atoms with Crippen molar-refractivity contribution in [1.82, 2.24) is 0 Å². The van der Waals surface area contributed by atoms with Gasteiger partial charge in [-0.05, 0) is 47.3 Å². The van der Waals surface area contributed by atoms with Crippen LogP contribution < -0.4 is 0 Å². The van der Waals surface area contributed by atoms with Gasteiger partial charge < -0.3 is 0 Å². The Morgan fingerprint density at radius 2 is 1.07 bits per heavy atom. The van der Waals surface area contributed by atoms with Crippen LogP contribution in [0.25, 0.3) is 0 Å². The smallest absolute Gasteiger partial charge is 0.0190 e. The first-order chi connectivity index (χ1) is 6.12. The molecule has 0 heterocycles. The first kappa shape index (κ1) is 10.5. The molecule has 0 aromatic rings. The van der Waals surface area contributed by atoms with Crippen LogP contribution in [-0.4, -0.2) is 0 Å². The Balaban J connectivity index is 2.24. The minimum Gasteiger partial charge on any atom is -0.0596 e. The van der Waals surface area contributed by atoms with Crippen molar-refractivity contribution in [3.05, 3.63) is 0 Å². The summed E-state index contributed by atoms with van der Waals surface area (Å²) in [5.41, 5.74) is 2.36. The summed E-state index contributed by atoms with van der Waals surface area (Å²) in [7, 11) is 0. The van der Waals surface area contributed by atoms with Crippen LogP contribution in [0.15, 0.2) is 0 Å². The Kier molecular flexibility index (Phi) is 1.79. The van der Waals surface area contributed by atoms with Crippen LogP contribution >= 0.6 is 0 Å². The summed E-state index contributed by atoms with van der Waals surface area (Å²) in [6.45, 7) is 14.6. The van der Waals surface area contributed by atoms with Gasteiger partial charge in [-0.15, -0.1) is 0 Å². The Morgan fingerprint density at radius 3 is 1.29 bits per heavy atom.